The maximum atomic E-state index is 6.19. The van der Waals surface area contributed by atoms with Gasteiger partial charge in [-0.1, -0.05) is 35.9 Å². The fourth-order valence-corrected chi connectivity index (χ4v) is 2.75. The summed E-state index contributed by atoms with van der Waals surface area (Å²) in [6.07, 6.45) is 2.45. The minimum absolute atomic E-state index is 0.309. The van der Waals surface area contributed by atoms with Gasteiger partial charge in [-0.05, 0) is 30.7 Å². The lowest BCUT2D eigenvalue weighted by Gasteiger charge is -2.15. The van der Waals surface area contributed by atoms with Gasteiger partial charge in [-0.25, -0.2) is 0 Å². The second-order valence-corrected chi connectivity index (χ2v) is 5.76. The minimum atomic E-state index is 0.309. The van der Waals surface area contributed by atoms with Gasteiger partial charge in [-0.2, -0.15) is 12.6 Å². The highest BCUT2D eigenvalue weighted by molar-refractivity contribution is 7.80. The van der Waals surface area contributed by atoms with E-state index in [0.717, 1.165) is 33.9 Å². The molecule has 0 radical (unpaired) electrons. The van der Waals surface area contributed by atoms with Crippen molar-refractivity contribution in [1.29, 1.82) is 0 Å². The molecule has 0 aromatic heterocycles. The maximum Gasteiger partial charge on any atom is 0.127 e. The van der Waals surface area contributed by atoms with E-state index in [1.54, 1.807) is 0 Å². The summed E-state index contributed by atoms with van der Waals surface area (Å²) in [7, 11) is 0. The van der Waals surface area contributed by atoms with Crippen molar-refractivity contribution in [2.75, 3.05) is 12.4 Å². The van der Waals surface area contributed by atoms with Crippen molar-refractivity contribution in [3.63, 3.8) is 0 Å². The lowest BCUT2D eigenvalue weighted by molar-refractivity contribution is 0.253. The average molecular weight is 279 g/mol. The average Bonchev–Trinajstić information content (AvgIpc) is 3.19. The predicted octanol–water partition coefficient (Wildman–Crippen LogP) is 4.58. The quantitative estimate of drug-likeness (QED) is 0.805. The fraction of sp³-hybridized carbons (Fsp3) is 0.333. The lowest BCUT2D eigenvalue weighted by atomic mass is 10.1. The van der Waals surface area contributed by atoms with Crippen molar-refractivity contribution >= 4 is 35.0 Å². The van der Waals surface area contributed by atoms with Crippen LogP contribution in [0.15, 0.2) is 36.4 Å². The number of ether oxygens (including phenoxy) is 1. The van der Waals surface area contributed by atoms with E-state index in [1.807, 2.05) is 30.3 Å². The third-order valence-electron chi connectivity index (χ3n) is 3.66. The Bertz CT molecular complexity index is 578. The molecule has 3 rings (SSSR count). The molecule has 0 unspecified atom stereocenters. The summed E-state index contributed by atoms with van der Waals surface area (Å²) in [5, 5.41) is 2.90. The molecule has 0 N–H and O–H groups in total. The zero-order chi connectivity index (χ0) is 12.6. The van der Waals surface area contributed by atoms with Crippen LogP contribution in [-0.2, 0) is 0 Å². The van der Waals surface area contributed by atoms with Crippen LogP contribution in [0, 0.1) is 5.41 Å². The lowest BCUT2D eigenvalue weighted by Crippen LogP contribution is -2.14. The molecular weight excluding hydrogens is 264 g/mol. The van der Waals surface area contributed by atoms with Crippen LogP contribution in [0.2, 0.25) is 5.02 Å². The monoisotopic (exact) mass is 278 g/mol. The zero-order valence-electron chi connectivity index (χ0n) is 10.0. The Kier molecular flexibility index (Phi) is 3.16. The normalized spacial score (nSPS) is 16.8. The van der Waals surface area contributed by atoms with Crippen LogP contribution in [0.1, 0.15) is 12.8 Å². The van der Waals surface area contributed by atoms with Gasteiger partial charge in [0.1, 0.15) is 5.75 Å². The number of halogens is 1. The maximum absolute atomic E-state index is 6.19. The van der Waals surface area contributed by atoms with Crippen molar-refractivity contribution in [3.8, 4) is 5.75 Å². The number of fused-ring (bicyclic) bond motifs is 1. The summed E-state index contributed by atoms with van der Waals surface area (Å²) in [6.45, 7) is 0.752. The fourth-order valence-electron chi connectivity index (χ4n) is 2.12. The minimum Gasteiger partial charge on any atom is -0.492 e. The van der Waals surface area contributed by atoms with Crippen molar-refractivity contribution in [3.05, 3.63) is 41.4 Å². The Labute approximate surface area is 118 Å². The van der Waals surface area contributed by atoms with Gasteiger partial charge in [0, 0.05) is 21.2 Å². The van der Waals surface area contributed by atoms with Crippen LogP contribution in [0.3, 0.4) is 0 Å². The molecule has 0 saturated heterocycles. The van der Waals surface area contributed by atoms with Gasteiger partial charge in [0.15, 0.2) is 0 Å². The van der Waals surface area contributed by atoms with E-state index in [4.69, 9.17) is 16.3 Å². The second kappa shape index (κ2) is 4.67. The first kappa shape index (κ1) is 12.2. The number of hydrogen-bond acceptors (Lipinski definition) is 2. The molecule has 3 heteroatoms. The molecule has 0 bridgehead atoms. The van der Waals surface area contributed by atoms with Crippen LogP contribution < -0.4 is 4.74 Å². The first-order valence-electron chi connectivity index (χ1n) is 6.15. The summed E-state index contributed by atoms with van der Waals surface area (Å²) in [5.41, 5.74) is 0.309. The highest BCUT2D eigenvalue weighted by atomic mass is 35.5. The van der Waals surface area contributed by atoms with Gasteiger partial charge in [-0.15, -0.1) is 0 Å². The number of benzene rings is 2. The van der Waals surface area contributed by atoms with Crippen LogP contribution >= 0.6 is 24.2 Å². The summed E-state index contributed by atoms with van der Waals surface area (Å²) < 4.78 is 5.98. The molecule has 0 aliphatic heterocycles. The van der Waals surface area contributed by atoms with Crippen LogP contribution in [0.5, 0.6) is 5.75 Å². The molecule has 1 nitrogen and oxygen atoms in total. The molecule has 2 aromatic rings. The Hall–Kier alpha value is -0.860. The molecular formula is C15H15ClOS. The molecule has 1 aliphatic carbocycles. The number of thiol groups is 1. The van der Waals surface area contributed by atoms with Crippen LogP contribution in [0.25, 0.3) is 10.8 Å². The molecule has 94 valence electrons. The van der Waals surface area contributed by atoms with Crippen LogP contribution in [-0.4, -0.2) is 12.4 Å². The highest BCUT2D eigenvalue weighted by Gasteiger charge is 2.42. The summed E-state index contributed by atoms with van der Waals surface area (Å²) in [6, 6.07) is 11.9. The molecule has 18 heavy (non-hydrogen) atoms. The first-order chi connectivity index (χ1) is 8.74. The van der Waals surface area contributed by atoms with Gasteiger partial charge >= 0.3 is 0 Å². The standard InChI is InChI=1S/C15H15ClOS/c16-13-5-6-14(12-4-2-1-3-11(12)13)17-9-15(10-18)7-8-15/h1-6,18H,7-10H2. The third kappa shape index (κ3) is 2.19. The molecule has 0 heterocycles. The van der Waals surface area contributed by atoms with Crippen molar-refractivity contribution in [2.45, 2.75) is 12.8 Å². The molecule has 1 aliphatic rings. The Morgan fingerprint density at radius 3 is 2.50 bits per heavy atom. The summed E-state index contributed by atoms with van der Waals surface area (Å²) >= 11 is 10.6. The number of rotatable bonds is 4. The molecule has 0 atom stereocenters. The highest BCUT2D eigenvalue weighted by Crippen LogP contribution is 2.47. The Morgan fingerprint density at radius 2 is 1.83 bits per heavy atom. The van der Waals surface area contributed by atoms with Gasteiger partial charge in [0.25, 0.3) is 0 Å². The summed E-state index contributed by atoms with van der Waals surface area (Å²) in [4.78, 5) is 0. The molecule has 0 amide bonds. The van der Waals surface area contributed by atoms with Crippen molar-refractivity contribution < 1.29 is 4.74 Å². The third-order valence-corrected chi connectivity index (χ3v) is 4.66. The zero-order valence-corrected chi connectivity index (χ0v) is 11.7. The van der Waals surface area contributed by atoms with E-state index in [1.165, 1.54) is 12.8 Å². The Balaban J connectivity index is 1.90. The van der Waals surface area contributed by atoms with Crippen molar-refractivity contribution in [2.24, 2.45) is 5.41 Å². The van der Waals surface area contributed by atoms with Gasteiger partial charge in [0.2, 0.25) is 0 Å². The van der Waals surface area contributed by atoms with E-state index < -0.39 is 0 Å². The smallest absolute Gasteiger partial charge is 0.127 e. The largest absolute Gasteiger partial charge is 0.492 e. The first-order valence-corrected chi connectivity index (χ1v) is 7.16. The van der Waals surface area contributed by atoms with Gasteiger partial charge in [-0.3, -0.25) is 0 Å². The van der Waals surface area contributed by atoms with E-state index in [2.05, 4.69) is 18.7 Å². The molecule has 1 fully saturated rings. The van der Waals surface area contributed by atoms with Crippen LogP contribution in [0.4, 0.5) is 0 Å². The molecule has 1 saturated carbocycles. The summed E-state index contributed by atoms with van der Waals surface area (Å²) in [5.74, 6) is 1.82. The van der Waals surface area contributed by atoms with E-state index >= 15 is 0 Å². The van der Waals surface area contributed by atoms with E-state index in [-0.39, 0.29) is 0 Å². The molecule has 2 aromatic carbocycles. The molecule has 0 spiro atoms. The topological polar surface area (TPSA) is 9.23 Å². The second-order valence-electron chi connectivity index (χ2n) is 5.04. The number of hydrogen-bond donors (Lipinski definition) is 1. The van der Waals surface area contributed by atoms with E-state index in [0.29, 0.717) is 5.41 Å². The SMILES string of the molecule is SCC1(COc2ccc(Cl)c3ccccc23)CC1. The van der Waals surface area contributed by atoms with E-state index in [9.17, 15) is 0 Å². The van der Waals surface area contributed by atoms with Gasteiger partial charge in [0.05, 0.1) is 6.61 Å². The van der Waals surface area contributed by atoms with Gasteiger partial charge < -0.3 is 4.74 Å². The van der Waals surface area contributed by atoms with Crippen molar-refractivity contribution in [1.82, 2.24) is 0 Å². The Morgan fingerprint density at radius 1 is 1.11 bits per heavy atom. The predicted molar refractivity (Wildman–Crippen MR) is 80.0 cm³/mol.